The monoisotopic (exact) mass is 647 g/mol. The van der Waals surface area contributed by atoms with Crippen molar-refractivity contribution in [3.8, 4) is 17.6 Å². The summed E-state index contributed by atoms with van der Waals surface area (Å²) in [7, 11) is 0. The van der Waals surface area contributed by atoms with E-state index in [1.165, 1.54) is 12.8 Å². The van der Waals surface area contributed by atoms with Crippen molar-refractivity contribution in [2.45, 2.75) is 59.6 Å². The van der Waals surface area contributed by atoms with Gasteiger partial charge in [-0.1, -0.05) is 63.6 Å². The van der Waals surface area contributed by atoms with Crippen LogP contribution in [0.15, 0.2) is 29.4 Å². The smallest absolute Gasteiger partial charge is 0.251 e. The van der Waals surface area contributed by atoms with E-state index in [2.05, 4.69) is 46.3 Å². The van der Waals surface area contributed by atoms with Gasteiger partial charge in [-0.2, -0.15) is 0 Å². The molecule has 0 radical (unpaired) electrons. The van der Waals surface area contributed by atoms with Gasteiger partial charge in [0.2, 0.25) is 5.91 Å². The summed E-state index contributed by atoms with van der Waals surface area (Å²) in [6.45, 7) is 13.5. The fourth-order valence-electron chi connectivity index (χ4n) is 3.71. The quantitative estimate of drug-likeness (QED) is 0.0488. The van der Waals surface area contributed by atoms with Gasteiger partial charge in [-0.05, 0) is 43.0 Å². The molecule has 0 spiro atoms. The van der Waals surface area contributed by atoms with E-state index in [0.717, 1.165) is 18.9 Å². The Labute approximate surface area is 274 Å². The highest BCUT2D eigenvalue weighted by Crippen LogP contribution is 2.19. The third-order valence-corrected chi connectivity index (χ3v) is 6.09. The van der Waals surface area contributed by atoms with Gasteiger partial charge in [0, 0.05) is 29.5 Å². The lowest BCUT2D eigenvalue weighted by Gasteiger charge is -2.24. The molecule has 1 rings (SSSR count). The van der Waals surface area contributed by atoms with Crippen LogP contribution < -0.4 is 15.4 Å². The number of amides is 2. The molecular weight excluding hydrogens is 594 g/mol. The molecule has 0 saturated carbocycles. The summed E-state index contributed by atoms with van der Waals surface area (Å²) in [6, 6.07) is 6.62. The molecule has 258 valence electrons. The van der Waals surface area contributed by atoms with Crippen LogP contribution in [0.5, 0.6) is 5.75 Å². The lowest BCUT2D eigenvalue weighted by molar-refractivity contribution is -0.127. The SMILES string of the molecule is CC(C)C#CCNC(=O)COCCO[C@](C)(COc1cccc(C(=O)NCCOCCOCCOCCCCC(C)C)c1)N=[N+]=[N-]. The molecule has 13 nitrogen and oxygen atoms in total. The van der Waals surface area contributed by atoms with Gasteiger partial charge in [-0.3, -0.25) is 9.59 Å². The molecule has 13 heteroatoms. The van der Waals surface area contributed by atoms with Crippen molar-refractivity contribution in [3.63, 3.8) is 0 Å². The van der Waals surface area contributed by atoms with E-state index >= 15 is 0 Å². The van der Waals surface area contributed by atoms with Gasteiger partial charge in [-0.25, -0.2) is 0 Å². The standard InChI is InChI=1S/C33H53N5O8/c1-27(2)10-6-7-16-41-18-20-43-21-19-42-17-15-36-32(40)29-12-8-13-30(24-29)45-26-33(5,37-38-34)46-23-22-44-25-31(39)35-14-9-11-28(3)4/h8,12-13,24,27-28H,6-7,10,14-23,25-26H2,1-5H3,(H,35,39)(H,36,40)/t33-/m1/s1. The first-order valence-corrected chi connectivity index (χ1v) is 15.9. The van der Waals surface area contributed by atoms with Crippen LogP contribution in [0.4, 0.5) is 0 Å². The summed E-state index contributed by atoms with van der Waals surface area (Å²) in [5.74, 6) is 6.62. The first-order chi connectivity index (χ1) is 22.1. The number of azide groups is 1. The predicted molar refractivity (Wildman–Crippen MR) is 175 cm³/mol. The van der Waals surface area contributed by atoms with Crippen LogP contribution in [0.2, 0.25) is 0 Å². The summed E-state index contributed by atoms with van der Waals surface area (Å²) in [5, 5.41) is 9.15. The number of hydrogen-bond donors (Lipinski definition) is 2. The zero-order chi connectivity index (χ0) is 33.9. The van der Waals surface area contributed by atoms with Gasteiger partial charge >= 0.3 is 0 Å². The van der Waals surface area contributed by atoms with Crippen LogP contribution in [0, 0.1) is 23.7 Å². The second-order valence-corrected chi connectivity index (χ2v) is 11.3. The Morgan fingerprint density at radius 1 is 0.935 bits per heavy atom. The Morgan fingerprint density at radius 3 is 2.33 bits per heavy atom. The van der Waals surface area contributed by atoms with Gasteiger partial charge in [0.15, 0.2) is 5.72 Å². The Balaban J connectivity index is 2.25. The van der Waals surface area contributed by atoms with E-state index in [1.54, 1.807) is 31.2 Å². The third-order valence-electron chi connectivity index (χ3n) is 6.09. The topological polar surface area (TPSA) is 162 Å². The van der Waals surface area contributed by atoms with Crippen molar-refractivity contribution in [3.05, 3.63) is 40.3 Å². The minimum Gasteiger partial charge on any atom is -0.490 e. The normalized spacial score (nSPS) is 12.2. The molecule has 0 aliphatic rings. The molecule has 0 heterocycles. The average Bonchev–Trinajstić information content (AvgIpc) is 3.02. The fourth-order valence-corrected chi connectivity index (χ4v) is 3.71. The molecule has 2 N–H and O–H groups in total. The van der Waals surface area contributed by atoms with Crippen molar-refractivity contribution in [1.82, 2.24) is 10.6 Å². The molecule has 0 saturated heterocycles. The van der Waals surface area contributed by atoms with Gasteiger partial charge < -0.3 is 39.1 Å². The maximum Gasteiger partial charge on any atom is 0.251 e. The molecule has 0 unspecified atom stereocenters. The number of carbonyl (C=O) groups excluding carboxylic acids is 2. The Morgan fingerprint density at radius 2 is 1.63 bits per heavy atom. The molecule has 0 aromatic heterocycles. The van der Waals surface area contributed by atoms with Crippen molar-refractivity contribution >= 4 is 11.8 Å². The zero-order valence-electron chi connectivity index (χ0n) is 28.2. The Kier molecular flexibility index (Phi) is 22.8. The van der Waals surface area contributed by atoms with E-state index < -0.39 is 5.72 Å². The number of carbonyl (C=O) groups is 2. The van der Waals surface area contributed by atoms with Crippen LogP contribution in [0.25, 0.3) is 10.4 Å². The van der Waals surface area contributed by atoms with Gasteiger partial charge in [0.1, 0.15) is 19.0 Å². The molecule has 1 atom stereocenters. The summed E-state index contributed by atoms with van der Waals surface area (Å²) in [4.78, 5) is 27.2. The average molecular weight is 648 g/mol. The van der Waals surface area contributed by atoms with Gasteiger partial charge in [0.05, 0.1) is 52.8 Å². The molecular formula is C33H53N5O8. The van der Waals surface area contributed by atoms with E-state index in [4.69, 9.17) is 34.0 Å². The predicted octanol–water partition coefficient (Wildman–Crippen LogP) is 4.51. The summed E-state index contributed by atoms with van der Waals surface area (Å²) < 4.78 is 33.4. The van der Waals surface area contributed by atoms with Crippen molar-refractivity contribution in [1.29, 1.82) is 0 Å². The van der Waals surface area contributed by atoms with E-state index in [1.807, 2.05) is 13.8 Å². The number of ether oxygens (including phenoxy) is 6. The second-order valence-electron chi connectivity index (χ2n) is 11.3. The maximum atomic E-state index is 12.6. The van der Waals surface area contributed by atoms with Crippen LogP contribution in [-0.2, 0) is 28.5 Å². The number of unbranched alkanes of at least 4 members (excludes halogenated alkanes) is 1. The summed E-state index contributed by atoms with van der Waals surface area (Å²) in [5.41, 5.74) is 8.07. The van der Waals surface area contributed by atoms with Crippen LogP contribution in [-0.4, -0.2) is 96.7 Å². The summed E-state index contributed by atoms with van der Waals surface area (Å²) >= 11 is 0. The maximum absolute atomic E-state index is 12.6. The largest absolute Gasteiger partial charge is 0.490 e. The van der Waals surface area contributed by atoms with Crippen LogP contribution in [0.1, 0.15) is 64.2 Å². The Hall–Kier alpha value is -3.37. The molecule has 0 bridgehead atoms. The highest BCUT2D eigenvalue weighted by atomic mass is 16.6. The highest BCUT2D eigenvalue weighted by Gasteiger charge is 2.25. The lowest BCUT2D eigenvalue weighted by atomic mass is 10.1. The molecule has 0 aliphatic heterocycles. The van der Waals surface area contributed by atoms with Crippen molar-refractivity contribution < 1.29 is 38.0 Å². The number of benzene rings is 1. The number of nitrogens with one attached hydrogen (secondary N) is 2. The summed E-state index contributed by atoms with van der Waals surface area (Å²) in [6.07, 6.45) is 3.49. The third kappa shape index (κ3) is 22.2. The molecule has 1 aromatic carbocycles. The van der Waals surface area contributed by atoms with Gasteiger partial charge in [-0.15, -0.1) is 0 Å². The number of hydrogen-bond acceptors (Lipinski definition) is 9. The number of rotatable bonds is 26. The van der Waals surface area contributed by atoms with Crippen LogP contribution in [0.3, 0.4) is 0 Å². The highest BCUT2D eigenvalue weighted by molar-refractivity contribution is 5.94. The molecule has 1 aromatic rings. The first-order valence-electron chi connectivity index (χ1n) is 15.9. The molecule has 0 fully saturated rings. The molecule has 2 amide bonds. The van der Waals surface area contributed by atoms with Crippen LogP contribution >= 0.6 is 0 Å². The molecule has 0 aliphatic carbocycles. The number of nitrogens with zero attached hydrogens (tertiary/aromatic N) is 3. The van der Waals surface area contributed by atoms with E-state index in [0.29, 0.717) is 50.9 Å². The van der Waals surface area contributed by atoms with E-state index in [9.17, 15) is 9.59 Å². The molecule has 46 heavy (non-hydrogen) atoms. The van der Waals surface area contributed by atoms with E-state index in [-0.39, 0.29) is 50.7 Å². The van der Waals surface area contributed by atoms with Crippen molar-refractivity contribution in [2.24, 2.45) is 17.0 Å². The second kappa shape index (κ2) is 25.8. The zero-order valence-corrected chi connectivity index (χ0v) is 28.2. The lowest BCUT2D eigenvalue weighted by Crippen LogP contribution is -2.35. The minimum absolute atomic E-state index is 0.0586. The van der Waals surface area contributed by atoms with Gasteiger partial charge in [0.25, 0.3) is 5.91 Å². The minimum atomic E-state index is -1.34. The fraction of sp³-hybridized carbons (Fsp3) is 0.697. The first kappa shape index (κ1) is 40.7. The Bertz CT molecular complexity index is 1100. The van der Waals surface area contributed by atoms with Crippen molar-refractivity contribution in [2.75, 3.05) is 79.2 Å².